The molecule has 2 aromatic heterocycles. The molecule has 0 atom stereocenters. The fourth-order valence-electron chi connectivity index (χ4n) is 0.949. The Balaban J connectivity index is 2.60. The first-order valence-corrected chi connectivity index (χ1v) is 6.05. The van der Waals surface area contributed by atoms with Crippen LogP contribution in [-0.4, -0.2) is 9.97 Å². The summed E-state index contributed by atoms with van der Waals surface area (Å²) in [6.45, 7) is 0. The first-order chi connectivity index (χ1) is 7.09. The molecule has 78 valence electrons. The molecule has 7 heteroatoms. The quantitative estimate of drug-likeness (QED) is 0.688. The van der Waals surface area contributed by atoms with Crippen LogP contribution in [0.4, 0.5) is 0 Å². The van der Waals surface area contributed by atoms with Gasteiger partial charge in [-0.3, -0.25) is 0 Å². The van der Waals surface area contributed by atoms with Crippen LogP contribution in [0.1, 0.15) is 0 Å². The van der Waals surface area contributed by atoms with Crippen molar-refractivity contribution in [1.82, 2.24) is 9.97 Å². The maximum absolute atomic E-state index is 5.85. The van der Waals surface area contributed by atoms with Crippen LogP contribution in [0.2, 0.25) is 10.3 Å². The monoisotopic (exact) mass is 370 g/mol. The SMILES string of the molecule is Clc1nc(-c2occc2Br)nc(Cl)c1Br. The normalized spacial score (nSPS) is 10.7. The molecule has 15 heavy (non-hydrogen) atoms. The van der Waals surface area contributed by atoms with E-state index in [1.807, 2.05) is 0 Å². The molecule has 0 unspecified atom stereocenters. The van der Waals surface area contributed by atoms with Crippen molar-refractivity contribution in [2.45, 2.75) is 0 Å². The first kappa shape index (κ1) is 11.4. The summed E-state index contributed by atoms with van der Waals surface area (Å²) < 4.78 is 6.41. The number of furan rings is 1. The maximum Gasteiger partial charge on any atom is 0.199 e. The lowest BCUT2D eigenvalue weighted by atomic mass is 10.4. The topological polar surface area (TPSA) is 38.9 Å². The highest BCUT2D eigenvalue weighted by atomic mass is 79.9. The molecular formula is C8H2Br2Cl2N2O. The Labute approximate surface area is 112 Å². The molecule has 0 fully saturated rings. The third kappa shape index (κ3) is 2.20. The minimum Gasteiger partial charge on any atom is -0.460 e. The van der Waals surface area contributed by atoms with Crippen LogP contribution in [0.15, 0.2) is 25.7 Å². The summed E-state index contributed by atoms with van der Waals surface area (Å²) >= 11 is 18.2. The average molecular weight is 373 g/mol. The van der Waals surface area contributed by atoms with Gasteiger partial charge in [0.2, 0.25) is 0 Å². The molecule has 0 amide bonds. The van der Waals surface area contributed by atoms with Crippen molar-refractivity contribution >= 4 is 55.1 Å². The van der Waals surface area contributed by atoms with Crippen LogP contribution in [-0.2, 0) is 0 Å². The Kier molecular flexibility index (Phi) is 3.35. The van der Waals surface area contributed by atoms with Gasteiger partial charge in [0.05, 0.1) is 15.2 Å². The predicted octanol–water partition coefficient (Wildman–Crippen LogP) is 4.57. The van der Waals surface area contributed by atoms with Crippen LogP contribution in [0.25, 0.3) is 11.6 Å². The van der Waals surface area contributed by atoms with Gasteiger partial charge in [0.1, 0.15) is 10.3 Å². The molecule has 0 aliphatic rings. The molecule has 0 aliphatic carbocycles. The Hall–Kier alpha value is -0.100. The van der Waals surface area contributed by atoms with Gasteiger partial charge < -0.3 is 4.42 Å². The molecule has 0 saturated heterocycles. The van der Waals surface area contributed by atoms with E-state index < -0.39 is 0 Å². The molecule has 0 N–H and O–H groups in total. The smallest absolute Gasteiger partial charge is 0.199 e. The van der Waals surface area contributed by atoms with Gasteiger partial charge in [0.15, 0.2) is 11.6 Å². The van der Waals surface area contributed by atoms with Crippen molar-refractivity contribution in [2.75, 3.05) is 0 Å². The Morgan fingerprint density at radius 1 is 1.13 bits per heavy atom. The summed E-state index contributed by atoms with van der Waals surface area (Å²) in [5.41, 5.74) is 0. The molecule has 0 aliphatic heterocycles. The number of rotatable bonds is 1. The third-order valence-electron chi connectivity index (χ3n) is 1.59. The molecule has 0 aromatic carbocycles. The van der Waals surface area contributed by atoms with Crippen LogP contribution >= 0.6 is 55.1 Å². The fourth-order valence-corrected chi connectivity index (χ4v) is 1.89. The van der Waals surface area contributed by atoms with Gasteiger partial charge in [-0.25, -0.2) is 9.97 Å². The van der Waals surface area contributed by atoms with Crippen molar-refractivity contribution in [3.05, 3.63) is 31.6 Å². The molecule has 0 saturated carbocycles. The van der Waals surface area contributed by atoms with Gasteiger partial charge >= 0.3 is 0 Å². The second-order valence-corrected chi connectivity index (χ2v) is 4.90. The molecule has 0 spiro atoms. The maximum atomic E-state index is 5.85. The van der Waals surface area contributed by atoms with Gasteiger partial charge in [0.25, 0.3) is 0 Å². The van der Waals surface area contributed by atoms with Crippen LogP contribution < -0.4 is 0 Å². The Bertz CT molecular complexity index is 492. The summed E-state index contributed by atoms with van der Waals surface area (Å²) in [4.78, 5) is 8.07. The van der Waals surface area contributed by atoms with Gasteiger partial charge in [-0.05, 0) is 37.9 Å². The van der Waals surface area contributed by atoms with Gasteiger partial charge in [-0.1, -0.05) is 23.2 Å². The first-order valence-electron chi connectivity index (χ1n) is 3.71. The van der Waals surface area contributed by atoms with E-state index in [1.54, 1.807) is 6.07 Å². The van der Waals surface area contributed by atoms with Gasteiger partial charge in [0, 0.05) is 0 Å². The lowest BCUT2D eigenvalue weighted by Crippen LogP contribution is -1.91. The summed E-state index contributed by atoms with van der Waals surface area (Å²) in [5.74, 6) is 0.830. The Morgan fingerprint density at radius 2 is 1.73 bits per heavy atom. The second kappa shape index (κ2) is 4.41. The van der Waals surface area contributed by atoms with Gasteiger partial charge in [-0.2, -0.15) is 0 Å². The van der Waals surface area contributed by atoms with Crippen molar-refractivity contribution in [3.63, 3.8) is 0 Å². The summed E-state index contributed by atoms with van der Waals surface area (Å²) in [6.07, 6.45) is 1.52. The molecule has 0 radical (unpaired) electrons. The summed E-state index contributed by atoms with van der Waals surface area (Å²) in [5, 5.41) is 0.488. The number of hydrogen-bond acceptors (Lipinski definition) is 3. The van der Waals surface area contributed by atoms with Crippen LogP contribution in [0, 0.1) is 0 Å². The minimum atomic E-state index is 0.244. The highest BCUT2D eigenvalue weighted by Crippen LogP contribution is 2.32. The number of nitrogens with zero attached hydrogens (tertiary/aromatic N) is 2. The molecule has 2 rings (SSSR count). The molecular weight excluding hydrogens is 371 g/mol. The number of hydrogen-bond donors (Lipinski definition) is 0. The van der Waals surface area contributed by atoms with Crippen LogP contribution in [0.3, 0.4) is 0 Å². The average Bonchev–Trinajstić information content (AvgIpc) is 2.60. The predicted molar refractivity (Wildman–Crippen MR) is 65.2 cm³/mol. The molecule has 2 heterocycles. The van der Waals surface area contributed by atoms with E-state index in [0.29, 0.717) is 16.1 Å². The van der Waals surface area contributed by atoms with Gasteiger partial charge in [-0.15, -0.1) is 0 Å². The number of halogens is 4. The summed E-state index contributed by atoms with van der Waals surface area (Å²) in [6, 6.07) is 1.74. The highest BCUT2D eigenvalue weighted by Gasteiger charge is 2.14. The lowest BCUT2D eigenvalue weighted by Gasteiger charge is -2.01. The van der Waals surface area contributed by atoms with E-state index in [4.69, 9.17) is 27.6 Å². The van der Waals surface area contributed by atoms with Crippen molar-refractivity contribution in [3.8, 4) is 11.6 Å². The van der Waals surface area contributed by atoms with E-state index in [-0.39, 0.29) is 10.3 Å². The zero-order chi connectivity index (χ0) is 11.0. The lowest BCUT2D eigenvalue weighted by molar-refractivity contribution is 0.576. The second-order valence-electron chi connectivity index (χ2n) is 2.54. The third-order valence-corrected chi connectivity index (χ3v) is 3.97. The number of aromatic nitrogens is 2. The van der Waals surface area contributed by atoms with E-state index in [1.165, 1.54) is 6.26 Å². The van der Waals surface area contributed by atoms with Crippen molar-refractivity contribution in [1.29, 1.82) is 0 Å². The standard InChI is InChI=1S/C8H2Br2Cl2N2O/c9-3-1-2-15-5(3)8-13-6(11)4(10)7(12)14-8/h1-2H. The van der Waals surface area contributed by atoms with Crippen molar-refractivity contribution < 1.29 is 4.42 Å². The van der Waals surface area contributed by atoms with Crippen LogP contribution in [0.5, 0.6) is 0 Å². The summed E-state index contributed by atoms with van der Waals surface area (Å²) in [7, 11) is 0. The van der Waals surface area contributed by atoms with E-state index in [2.05, 4.69) is 41.8 Å². The molecule has 2 aromatic rings. The molecule has 0 bridgehead atoms. The zero-order valence-corrected chi connectivity index (χ0v) is 11.7. The fraction of sp³-hybridized carbons (Fsp3) is 0. The minimum absolute atomic E-state index is 0.244. The van der Waals surface area contributed by atoms with E-state index in [9.17, 15) is 0 Å². The van der Waals surface area contributed by atoms with E-state index >= 15 is 0 Å². The molecule has 3 nitrogen and oxygen atoms in total. The zero-order valence-electron chi connectivity index (χ0n) is 6.97. The Morgan fingerprint density at radius 3 is 2.20 bits per heavy atom. The van der Waals surface area contributed by atoms with Crippen molar-refractivity contribution in [2.24, 2.45) is 0 Å². The largest absolute Gasteiger partial charge is 0.460 e. The highest BCUT2D eigenvalue weighted by molar-refractivity contribution is 9.11. The van der Waals surface area contributed by atoms with E-state index in [0.717, 1.165) is 4.47 Å².